The molecule has 0 aliphatic carbocycles. The van der Waals surface area contributed by atoms with Crippen molar-refractivity contribution in [2.24, 2.45) is 4.99 Å². The lowest BCUT2D eigenvalue weighted by Gasteiger charge is -2.02. The van der Waals surface area contributed by atoms with E-state index in [1.807, 2.05) is 0 Å². The van der Waals surface area contributed by atoms with Crippen LogP contribution in [0.15, 0.2) is 4.99 Å². The van der Waals surface area contributed by atoms with Crippen molar-refractivity contribution in [3.8, 4) is 0 Å². The summed E-state index contributed by atoms with van der Waals surface area (Å²) in [5, 5.41) is 0. The predicted octanol–water partition coefficient (Wildman–Crippen LogP) is 1.14. The lowest BCUT2D eigenvalue weighted by molar-refractivity contribution is -0.0733. The van der Waals surface area contributed by atoms with E-state index in [9.17, 15) is 13.2 Å². The smallest absolute Gasteiger partial charge is 0.465 e. The quantitative estimate of drug-likeness (QED) is 0.491. The van der Waals surface area contributed by atoms with E-state index >= 15 is 0 Å². The van der Waals surface area contributed by atoms with Gasteiger partial charge in [-0.3, -0.25) is 0 Å². The van der Waals surface area contributed by atoms with Crippen LogP contribution in [0.3, 0.4) is 0 Å². The van der Waals surface area contributed by atoms with Crippen LogP contribution in [0.4, 0.5) is 13.2 Å². The van der Waals surface area contributed by atoms with Gasteiger partial charge >= 0.3 is 6.18 Å². The largest absolute Gasteiger partial charge is 0.468 e. The Morgan fingerprint density at radius 3 is 2.44 bits per heavy atom. The number of hydrogen-bond acceptors (Lipinski definition) is 2. The summed E-state index contributed by atoms with van der Waals surface area (Å²) in [6, 6.07) is 0. The first-order valence-corrected chi connectivity index (χ1v) is 2.20. The molecule has 0 atom stereocenters. The Morgan fingerprint density at radius 1 is 1.56 bits per heavy atom. The van der Waals surface area contributed by atoms with E-state index in [4.69, 9.17) is 0 Å². The molecule has 9 heavy (non-hydrogen) atoms. The second-order valence-corrected chi connectivity index (χ2v) is 1.43. The number of nitrogens with zero attached hydrogens (tertiary/aromatic N) is 1. The highest BCUT2D eigenvalue weighted by molar-refractivity contribution is 5.83. The van der Waals surface area contributed by atoms with Crippen molar-refractivity contribution in [3.63, 3.8) is 0 Å². The van der Waals surface area contributed by atoms with Gasteiger partial charge in [-0.1, -0.05) is 0 Å². The monoisotopic (exact) mass is 138 g/mol. The minimum atomic E-state index is -4.42. The molecular weight excluding hydrogens is 135 g/mol. The molecule has 5 heteroatoms. The van der Waals surface area contributed by atoms with E-state index in [0.29, 0.717) is 0 Å². The number of ether oxygens (including phenoxy) is 1. The molecule has 0 fully saturated rings. The van der Waals surface area contributed by atoms with Gasteiger partial charge in [0.2, 0.25) is 0 Å². The van der Waals surface area contributed by atoms with Gasteiger partial charge in [0.05, 0.1) is 6.54 Å². The summed E-state index contributed by atoms with van der Waals surface area (Å²) < 4.78 is 38.5. The summed E-state index contributed by atoms with van der Waals surface area (Å²) in [6.07, 6.45) is -4.42. The van der Waals surface area contributed by atoms with Crippen LogP contribution in [-0.2, 0) is 4.74 Å². The maximum atomic E-state index is 11.5. The zero-order valence-corrected chi connectivity index (χ0v) is 4.27. The number of halogens is 3. The van der Waals surface area contributed by atoms with Crippen molar-refractivity contribution in [2.45, 2.75) is 6.18 Å². The second kappa shape index (κ2) is 1.89. The van der Waals surface area contributed by atoms with Crippen LogP contribution >= 0.6 is 0 Å². The highest BCUT2D eigenvalue weighted by Crippen LogP contribution is 2.21. The molecule has 0 unspecified atom stereocenters. The Morgan fingerprint density at radius 2 is 2.22 bits per heavy atom. The summed E-state index contributed by atoms with van der Waals surface area (Å²) in [6.45, 7) is 0.998. The average Bonchev–Trinajstić information content (AvgIpc) is 2.08. The topological polar surface area (TPSA) is 21.6 Å². The Labute approximate surface area is 49.3 Å². The summed E-state index contributed by atoms with van der Waals surface area (Å²) in [5.41, 5.74) is 0. The van der Waals surface area contributed by atoms with E-state index < -0.39 is 12.1 Å². The fourth-order valence-electron chi connectivity index (χ4n) is 0.430. The van der Waals surface area contributed by atoms with Crippen LogP contribution in [-0.4, -0.2) is 18.6 Å². The molecule has 51 valence electrons. The van der Waals surface area contributed by atoms with E-state index in [1.54, 1.807) is 0 Å². The van der Waals surface area contributed by atoms with Crippen LogP contribution < -0.4 is 0 Å². The molecule has 0 saturated carbocycles. The van der Waals surface area contributed by atoms with Crippen LogP contribution in [0.2, 0.25) is 0 Å². The van der Waals surface area contributed by atoms with Crippen LogP contribution in [0.5, 0.6) is 0 Å². The standard InChI is InChI=1S/C4H3F3NO/c5-4(6,7)3-8-1-2-9-3/h2H,1H2. The summed E-state index contributed by atoms with van der Waals surface area (Å²) >= 11 is 0. The van der Waals surface area contributed by atoms with Gasteiger partial charge in [-0.2, -0.15) is 13.2 Å². The van der Waals surface area contributed by atoms with E-state index in [1.165, 1.54) is 0 Å². The first kappa shape index (κ1) is 6.38. The third-order valence-electron chi connectivity index (χ3n) is 0.747. The molecule has 1 rings (SSSR count). The molecule has 1 aliphatic rings. The number of hydrogen-bond donors (Lipinski definition) is 0. The molecule has 0 aromatic heterocycles. The van der Waals surface area contributed by atoms with Gasteiger partial charge in [0.1, 0.15) is 0 Å². The average molecular weight is 138 g/mol. The van der Waals surface area contributed by atoms with Gasteiger partial charge in [-0.05, 0) is 0 Å². The molecule has 0 amide bonds. The first-order valence-electron chi connectivity index (χ1n) is 2.20. The van der Waals surface area contributed by atoms with Crippen LogP contribution in [0.1, 0.15) is 0 Å². The minimum Gasteiger partial charge on any atom is -0.465 e. The number of aliphatic imine (C=N–C) groups is 1. The maximum absolute atomic E-state index is 11.5. The molecule has 2 nitrogen and oxygen atoms in total. The lowest BCUT2D eigenvalue weighted by Crippen LogP contribution is -2.22. The third-order valence-corrected chi connectivity index (χ3v) is 0.747. The highest BCUT2D eigenvalue weighted by Gasteiger charge is 2.39. The van der Waals surface area contributed by atoms with Crippen molar-refractivity contribution >= 4 is 5.90 Å². The molecular formula is C4H3F3NO. The van der Waals surface area contributed by atoms with Crippen molar-refractivity contribution < 1.29 is 17.9 Å². The SMILES string of the molecule is FC(F)(F)C1=NC[CH]O1. The molecule has 1 aliphatic heterocycles. The van der Waals surface area contributed by atoms with Crippen molar-refractivity contribution in [3.05, 3.63) is 6.61 Å². The molecule has 0 saturated heterocycles. The van der Waals surface area contributed by atoms with Crippen LogP contribution in [0, 0.1) is 6.61 Å². The van der Waals surface area contributed by atoms with Gasteiger partial charge in [-0.25, -0.2) is 4.99 Å². The normalized spacial score (nSPS) is 19.2. The third kappa shape index (κ3) is 1.34. The van der Waals surface area contributed by atoms with E-state index in [-0.39, 0.29) is 6.54 Å². The summed E-state index contributed by atoms with van der Waals surface area (Å²) in [5.74, 6) is -1.15. The molecule has 1 radical (unpaired) electrons. The Balaban J connectivity index is 2.61. The zero-order valence-electron chi connectivity index (χ0n) is 4.27. The molecule has 0 N–H and O–H groups in total. The summed E-state index contributed by atoms with van der Waals surface area (Å²) in [7, 11) is 0. The van der Waals surface area contributed by atoms with Gasteiger partial charge < -0.3 is 4.74 Å². The van der Waals surface area contributed by atoms with Crippen molar-refractivity contribution in [2.75, 3.05) is 6.54 Å². The molecule has 1 heterocycles. The molecule has 0 bridgehead atoms. The Hall–Kier alpha value is -0.740. The lowest BCUT2D eigenvalue weighted by atomic mass is 10.6. The molecule has 0 aromatic carbocycles. The Bertz CT molecular complexity index is 139. The Kier molecular flexibility index (Phi) is 1.34. The molecule has 0 spiro atoms. The van der Waals surface area contributed by atoms with Crippen LogP contribution in [0.25, 0.3) is 0 Å². The first-order chi connectivity index (χ1) is 4.11. The van der Waals surface area contributed by atoms with E-state index in [2.05, 4.69) is 9.73 Å². The minimum absolute atomic E-state index is 0.00512. The van der Waals surface area contributed by atoms with Crippen molar-refractivity contribution in [1.82, 2.24) is 0 Å². The van der Waals surface area contributed by atoms with Crippen molar-refractivity contribution in [1.29, 1.82) is 0 Å². The number of alkyl halides is 3. The zero-order chi connectivity index (χ0) is 6.91. The highest BCUT2D eigenvalue weighted by atomic mass is 19.4. The van der Waals surface area contributed by atoms with Gasteiger partial charge in [-0.15, -0.1) is 0 Å². The van der Waals surface area contributed by atoms with Gasteiger partial charge in [0.25, 0.3) is 5.90 Å². The van der Waals surface area contributed by atoms with Gasteiger partial charge in [0.15, 0.2) is 6.61 Å². The molecule has 0 aromatic rings. The predicted molar refractivity (Wildman–Crippen MR) is 23.7 cm³/mol. The fourth-order valence-corrected chi connectivity index (χ4v) is 0.430. The maximum Gasteiger partial charge on any atom is 0.468 e. The van der Waals surface area contributed by atoms with Gasteiger partial charge in [0, 0.05) is 0 Å². The van der Waals surface area contributed by atoms with E-state index in [0.717, 1.165) is 6.61 Å². The summed E-state index contributed by atoms with van der Waals surface area (Å²) in [4.78, 5) is 3.02. The second-order valence-electron chi connectivity index (χ2n) is 1.43. The fraction of sp³-hybridized carbons (Fsp3) is 0.500. The number of rotatable bonds is 0.